The Balaban J connectivity index is 0.902. The van der Waals surface area contributed by atoms with E-state index in [9.17, 15) is 0 Å². The van der Waals surface area contributed by atoms with E-state index in [1.807, 2.05) is 0 Å². The van der Waals surface area contributed by atoms with E-state index in [0.717, 1.165) is 25.8 Å². The van der Waals surface area contributed by atoms with Crippen LogP contribution in [0.5, 0.6) is 0 Å². The highest BCUT2D eigenvalue weighted by molar-refractivity contribution is 5.87. The third kappa shape index (κ3) is 8.33. The van der Waals surface area contributed by atoms with Crippen LogP contribution in [0.2, 0.25) is 0 Å². The number of pyridine rings is 2. The highest BCUT2D eigenvalue weighted by Crippen LogP contribution is 2.76. The zero-order chi connectivity index (χ0) is 49.5. The lowest BCUT2D eigenvalue weighted by molar-refractivity contribution is -0.705. The predicted octanol–water partition coefficient (Wildman–Crippen LogP) is 17.6. The van der Waals surface area contributed by atoms with Crippen LogP contribution < -0.4 is 9.13 Å². The largest absolute Gasteiger partial charge is 0.213 e. The Morgan fingerprint density at radius 2 is 0.945 bits per heavy atom. The topological polar surface area (TPSA) is 7.76 Å². The second kappa shape index (κ2) is 19.2. The fourth-order valence-electron chi connectivity index (χ4n) is 12.7. The molecule has 73 heavy (non-hydrogen) atoms. The van der Waals surface area contributed by atoms with Gasteiger partial charge < -0.3 is 0 Å². The van der Waals surface area contributed by atoms with Gasteiger partial charge in [-0.25, -0.2) is 0 Å². The summed E-state index contributed by atoms with van der Waals surface area (Å²) in [6.45, 7) is 10.5. The number of rotatable bonds is 14. The summed E-state index contributed by atoms with van der Waals surface area (Å²) in [6.07, 6.45) is 10.6. The van der Waals surface area contributed by atoms with E-state index in [1.54, 1.807) is 0 Å². The second-order valence-electron chi connectivity index (χ2n) is 21.0. The van der Waals surface area contributed by atoms with Crippen LogP contribution in [-0.2, 0) is 18.4 Å². The van der Waals surface area contributed by atoms with Crippen LogP contribution >= 0.6 is 0 Å². The SMILES string of the molecule is CCCCc1ccc2[n+](c1)C1C(C)(CC)C1(CC[n+]1ccccc1-c1cc(-c3cccc(-c4cc(-c5ccccc5)cc(-c5cc(-c6ccccc6)cc(-c6ccccc6)c5)c4)c3)ccc1C)c1ccccc1-2. The van der Waals surface area contributed by atoms with Gasteiger partial charge in [0.1, 0.15) is 6.54 Å². The maximum atomic E-state index is 2.69. The van der Waals surface area contributed by atoms with Gasteiger partial charge in [-0.3, -0.25) is 0 Å². The van der Waals surface area contributed by atoms with Crippen LogP contribution in [0.4, 0.5) is 0 Å². The summed E-state index contributed by atoms with van der Waals surface area (Å²) in [5.74, 6) is 0. The number of fused-ring (bicyclic) bond motifs is 6. The Bertz CT molecular complexity index is 3570. The molecule has 2 heteroatoms. The minimum atomic E-state index is 0.0450. The van der Waals surface area contributed by atoms with Gasteiger partial charge in [0.05, 0.1) is 11.0 Å². The normalized spacial score (nSPS) is 17.3. The smallest absolute Gasteiger partial charge is 0.198 e. The maximum Gasteiger partial charge on any atom is 0.213 e. The number of nitrogens with zero attached hydrogens (tertiary/aromatic N) is 2. The van der Waals surface area contributed by atoms with Crippen molar-refractivity contribution in [3.8, 4) is 89.3 Å². The van der Waals surface area contributed by atoms with E-state index in [1.165, 1.54) is 119 Å². The molecule has 0 amide bonds. The number of hydrogen-bond donors (Lipinski definition) is 0. The number of aromatic nitrogens is 2. The van der Waals surface area contributed by atoms with Crippen molar-refractivity contribution in [2.75, 3.05) is 0 Å². The lowest BCUT2D eigenvalue weighted by Crippen LogP contribution is -2.44. The molecule has 3 heterocycles. The summed E-state index contributed by atoms with van der Waals surface area (Å²) in [5, 5.41) is 0. The van der Waals surface area contributed by atoms with Gasteiger partial charge in [-0.2, -0.15) is 9.13 Å². The van der Waals surface area contributed by atoms with Gasteiger partial charge in [0.2, 0.25) is 11.4 Å². The Hall–Kier alpha value is -7.94. The van der Waals surface area contributed by atoms with E-state index < -0.39 is 0 Å². The minimum Gasteiger partial charge on any atom is -0.198 e. The average Bonchev–Trinajstić information content (AvgIpc) is 4.08. The fourth-order valence-corrected chi connectivity index (χ4v) is 12.7. The van der Waals surface area contributed by atoms with E-state index in [-0.39, 0.29) is 10.8 Å². The van der Waals surface area contributed by atoms with E-state index in [4.69, 9.17) is 0 Å². The first-order valence-electron chi connectivity index (χ1n) is 26.7. The third-order valence-electron chi connectivity index (χ3n) is 16.8. The van der Waals surface area contributed by atoms with Crippen LogP contribution in [0.3, 0.4) is 0 Å². The van der Waals surface area contributed by atoms with Gasteiger partial charge in [0, 0.05) is 41.2 Å². The number of benzene rings is 8. The molecule has 0 N–H and O–H groups in total. The standard InChI is InChI=1S/C71H64N2/c1-5-7-22-51-35-37-68-64-31-17-18-32-66(64)71(69(73(68)49-51)70(71,4)6-2)38-40-72-39-20-19-33-67(72)65-48-57(36-34-50(65)3)55-29-21-30-56(41-55)61-43-60(54-27-15-10-16-28-54)46-63(47-61)62-44-58(52-23-11-8-12-24-52)42-59(45-62)53-25-13-9-14-26-53/h8-21,23-37,39,41-49,69H,5-7,22,38,40H2,1-4H3/q+2. The molecule has 0 spiro atoms. The molecule has 1 aliphatic heterocycles. The Labute approximate surface area is 433 Å². The van der Waals surface area contributed by atoms with Crippen molar-refractivity contribution in [2.24, 2.45) is 5.41 Å². The summed E-state index contributed by atoms with van der Waals surface area (Å²) >= 11 is 0. The number of unbranched alkanes of at least 4 members (excludes halogenated alkanes) is 1. The zero-order valence-electron chi connectivity index (χ0n) is 42.7. The van der Waals surface area contributed by atoms with Gasteiger partial charge in [0.15, 0.2) is 18.4 Å². The Morgan fingerprint density at radius 3 is 1.55 bits per heavy atom. The van der Waals surface area contributed by atoms with Gasteiger partial charge in [-0.15, -0.1) is 0 Å². The van der Waals surface area contributed by atoms with Crippen molar-refractivity contribution in [1.82, 2.24) is 0 Å². The maximum absolute atomic E-state index is 2.69. The van der Waals surface area contributed by atoms with E-state index >= 15 is 0 Å². The van der Waals surface area contributed by atoms with Crippen molar-refractivity contribution < 1.29 is 9.13 Å². The summed E-state index contributed by atoms with van der Waals surface area (Å²) in [4.78, 5) is 0. The molecule has 3 unspecified atom stereocenters. The van der Waals surface area contributed by atoms with Crippen molar-refractivity contribution in [1.29, 1.82) is 0 Å². The molecule has 1 saturated carbocycles. The van der Waals surface area contributed by atoms with Gasteiger partial charge in [-0.1, -0.05) is 167 Å². The monoisotopic (exact) mass is 945 g/mol. The average molecular weight is 945 g/mol. The molecule has 8 aromatic carbocycles. The molecule has 356 valence electrons. The summed E-state index contributed by atoms with van der Waals surface area (Å²) in [5.41, 5.74) is 24.2. The van der Waals surface area contributed by atoms with Crippen LogP contribution in [0, 0.1) is 12.3 Å². The highest BCUT2D eigenvalue weighted by Gasteiger charge is 2.82. The lowest BCUT2D eigenvalue weighted by Gasteiger charge is -2.24. The summed E-state index contributed by atoms with van der Waals surface area (Å²) in [6, 6.07) is 84.0. The molecule has 10 aromatic rings. The van der Waals surface area contributed by atoms with Crippen molar-refractivity contribution >= 4 is 0 Å². The van der Waals surface area contributed by atoms with Crippen LogP contribution in [0.25, 0.3) is 89.3 Å². The van der Waals surface area contributed by atoms with Crippen molar-refractivity contribution in [2.45, 2.75) is 77.8 Å². The van der Waals surface area contributed by atoms with Gasteiger partial charge in [0.25, 0.3) is 0 Å². The lowest BCUT2D eigenvalue weighted by atomic mass is 9.79. The summed E-state index contributed by atoms with van der Waals surface area (Å²) < 4.78 is 5.23. The van der Waals surface area contributed by atoms with Crippen molar-refractivity contribution in [3.63, 3.8) is 0 Å². The van der Waals surface area contributed by atoms with Crippen LogP contribution in [0.1, 0.15) is 69.2 Å². The number of hydrogen-bond acceptors (Lipinski definition) is 0. The molecule has 0 saturated heterocycles. The predicted molar refractivity (Wildman–Crippen MR) is 304 cm³/mol. The first-order valence-corrected chi connectivity index (χ1v) is 26.7. The molecule has 0 radical (unpaired) electrons. The molecular formula is C71H64N2+2. The molecule has 2 aromatic heterocycles. The van der Waals surface area contributed by atoms with Crippen LogP contribution in [0.15, 0.2) is 237 Å². The Morgan fingerprint density at radius 1 is 0.438 bits per heavy atom. The first-order chi connectivity index (χ1) is 35.8. The molecule has 1 aliphatic carbocycles. The molecule has 0 bridgehead atoms. The van der Waals surface area contributed by atoms with E-state index in [0.29, 0.717) is 6.04 Å². The van der Waals surface area contributed by atoms with Gasteiger partial charge >= 0.3 is 0 Å². The zero-order valence-corrected chi connectivity index (χ0v) is 42.7. The fraction of sp³-hybridized carbons (Fsp3) is 0.183. The molecular weight excluding hydrogens is 881 g/mol. The van der Waals surface area contributed by atoms with E-state index in [2.05, 4.69) is 274 Å². The second-order valence-corrected chi connectivity index (χ2v) is 21.0. The first kappa shape index (κ1) is 46.2. The molecule has 2 nitrogen and oxygen atoms in total. The molecule has 1 fully saturated rings. The Kier molecular flexibility index (Phi) is 12.2. The minimum absolute atomic E-state index is 0.0450. The van der Waals surface area contributed by atoms with Crippen molar-refractivity contribution in [3.05, 3.63) is 254 Å². The highest BCUT2D eigenvalue weighted by atomic mass is 15.1. The number of aryl methyl sites for hydroxylation is 3. The van der Waals surface area contributed by atoms with Crippen LogP contribution in [-0.4, -0.2) is 0 Å². The molecule has 12 rings (SSSR count). The quantitative estimate of drug-likeness (QED) is 0.0960. The molecule has 2 aliphatic rings. The molecule has 3 atom stereocenters. The third-order valence-corrected chi connectivity index (χ3v) is 16.8. The van der Waals surface area contributed by atoms with Gasteiger partial charge in [-0.05, 0) is 171 Å². The summed E-state index contributed by atoms with van der Waals surface area (Å²) in [7, 11) is 0.